The Labute approximate surface area is 206 Å². The predicted octanol–water partition coefficient (Wildman–Crippen LogP) is 6.39. The molecule has 0 unspecified atom stereocenters. The molecule has 2 aromatic carbocycles. The number of likely N-dealkylation sites (tertiary alicyclic amines) is 1. The van der Waals surface area contributed by atoms with Crippen molar-refractivity contribution in [3.63, 3.8) is 0 Å². The number of nitrogens with zero attached hydrogens (tertiary/aromatic N) is 2. The van der Waals surface area contributed by atoms with Crippen LogP contribution in [0.3, 0.4) is 0 Å². The minimum Gasteiger partial charge on any atom is -0.497 e. The lowest BCUT2D eigenvalue weighted by molar-refractivity contribution is 0.0300. The molecular weight excluding hydrogens is 451 g/mol. The van der Waals surface area contributed by atoms with Crippen LogP contribution < -0.4 is 4.74 Å². The molecule has 0 amide bonds. The maximum absolute atomic E-state index is 15.6. The number of aromatic nitrogens is 1. The highest BCUT2D eigenvalue weighted by molar-refractivity contribution is 6.32. The number of pyridine rings is 1. The van der Waals surface area contributed by atoms with Crippen LogP contribution in [0.25, 0.3) is 10.9 Å². The fraction of sp³-hybridized carbons (Fsp3) is 0.464. The Kier molecular flexibility index (Phi) is 8.41. The predicted molar refractivity (Wildman–Crippen MR) is 136 cm³/mol. The number of hydrogen-bond acceptors (Lipinski definition) is 4. The van der Waals surface area contributed by atoms with E-state index in [-0.39, 0.29) is 12.0 Å². The van der Waals surface area contributed by atoms with Gasteiger partial charge in [-0.1, -0.05) is 41.9 Å². The molecule has 1 saturated heterocycles. The summed E-state index contributed by atoms with van der Waals surface area (Å²) in [5.74, 6) is 0.650. The number of aliphatic hydroxyl groups is 1. The number of fused-ring (bicyclic) bond motifs is 1. The van der Waals surface area contributed by atoms with Crippen molar-refractivity contribution in [1.29, 1.82) is 0 Å². The van der Waals surface area contributed by atoms with Crippen molar-refractivity contribution < 1.29 is 14.2 Å². The van der Waals surface area contributed by atoms with Crippen molar-refractivity contribution in [1.82, 2.24) is 9.88 Å². The number of halogens is 2. The quantitative estimate of drug-likeness (QED) is 0.362. The van der Waals surface area contributed by atoms with E-state index in [0.717, 1.165) is 45.3 Å². The molecule has 1 fully saturated rings. The number of rotatable bonds is 10. The summed E-state index contributed by atoms with van der Waals surface area (Å²) in [6.45, 7) is 3.05. The lowest BCUT2D eigenvalue weighted by Crippen LogP contribution is -2.42. The Bertz CT molecular complexity index is 1070. The molecule has 4 rings (SSSR count). The van der Waals surface area contributed by atoms with Gasteiger partial charge in [-0.25, -0.2) is 4.39 Å². The van der Waals surface area contributed by atoms with Gasteiger partial charge < -0.3 is 14.7 Å². The number of aliphatic hydroxyl groups excluding tert-OH is 1. The first-order valence-electron chi connectivity index (χ1n) is 12.2. The number of methoxy groups -OCH3 is 1. The van der Waals surface area contributed by atoms with Gasteiger partial charge in [0.15, 0.2) is 0 Å². The zero-order valence-corrected chi connectivity index (χ0v) is 20.6. The van der Waals surface area contributed by atoms with E-state index in [1.807, 2.05) is 18.2 Å². The van der Waals surface area contributed by atoms with Crippen molar-refractivity contribution in [3.8, 4) is 5.75 Å². The second kappa shape index (κ2) is 11.5. The van der Waals surface area contributed by atoms with Crippen molar-refractivity contribution >= 4 is 22.5 Å². The molecule has 4 nitrogen and oxygen atoms in total. The van der Waals surface area contributed by atoms with Crippen molar-refractivity contribution in [2.45, 2.75) is 44.7 Å². The van der Waals surface area contributed by atoms with Crippen molar-refractivity contribution in [2.75, 3.05) is 33.4 Å². The Morgan fingerprint density at radius 3 is 2.65 bits per heavy atom. The number of aryl methyl sites for hydroxylation is 1. The monoisotopic (exact) mass is 484 g/mol. The van der Waals surface area contributed by atoms with E-state index < -0.39 is 6.17 Å². The first-order valence-corrected chi connectivity index (χ1v) is 12.5. The lowest BCUT2D eigenvalue weighted by Gasteiger charge is -2.41. The Morgan fingerprint density at radius 2 is 1.94 bits per heavy atom. The Hall–Kier alpha value is -2.21. The van der Waals surface area contributed by atoms with Crippen LogP contribution in [0.2, 0.25) is 5.02 Å². The minimum absolute atomic E-state index is 0.0935. The van der Waals surface area contributed by atoms with Gasteiger partial charge in [0.05, 0.1) is 17.6 Å². The van der Waals surface area contributed by atoms with E-state index in [9.17, 15) is 5.11 Å². The summed E-state index contributed by atoms with van der Waals surface area (Å²) in [6, 6.07) is 16.0. The summed E-state index contributed by atoms with van der Waals surface area (Å²) in [5.41, 5.74) is 2.31. The fourth-order valence-electron chi connectivity index (χ4n) is 5.08. The second-order valence-electron chi connectivity index (χ2n) is 9.50. The van der Waals surface area contributed by atoms with Crippen LogP contribution in [0.5, 0.6) is 5.75 Å². The van der Waals surface area contributed by atoms with Crippen LogP contribution in [-0.4, -0.2) is 48.3 Å². The highest BCUT2D eigenvalue weighted by Gasteiger charge is 2.35. The van der Waals surface area contributed by atoms with Gasteiger partial charge in [0, 0.05) is 23.8 Å². The standard InChI is InChI=1S/C28H34ClFN2O2/c1-34-22-9-10-26-23(18-22)27(24(29)19-31-26)25(30)11-12-28(20-33)13-16-32(17-14-28)15-5-8-21-6-3-2-4-7-21/h2-4,6-7,9-10,18-19,25,33H,5,8,11-17,20H2,1H3/t25-/m0/s1. The van der Waals surface area contributed by atoms with Crippen LogP contribution in [0, 0.1) is 5.41 Å². The van der Waals surface area contributed by atoms with Gasteiger partial charge in [-0.05, 0) is 87.3 Å². The molecular formula is C28H34ClFN2O2. The van der Waals surface area contributed by atoms with E-state index in [2.05, 4.69) is 34.1 Å². The van der Waals surface area contributed by atoms with E-state index in [0.29, 0.717) is 40.1 Å². The van der Waals surface area contributed by atoms with Crippen LogP contribution in [0.15, 0.2) is 54.7 Å². The van der Waals surface area contributed by atoms with Crippen molar-refractivity contribution in [2.24, 2.45) is 5.41 Å². The molecule has 34 heavy (non-hydrogen) atoms. The molecule has 0 bridgehead atoms. The summed E-state index contributed by atoms with van der Waals surface area (Å²) in [6.07, 6.45) is 5.24. The summed E-state index contributed by atoms with van der Waals surface area (Å²) < 4.78 is 20.9. The van der Waals surface area contributed by atoms with E-state index in [1.54, 1.807) is 13.2 Å². The lowest BCUT2D eigenvalue weighted by atomic mass is 9.74. The number of piperidine rings is 1. The smallest absolute Gasteiger partial charge is 0.127 e. The summed E-state index contributed by atoms with van der Waals surface area (Å²) >= 11 is 6.40. The zero-order chi connectivity index (χ0) is 24.0. The Morgan fingerprint density at radius 1 is 1.18 bits per heavy atom. The molecule has 1 aromatic heterocycles. The van der Waals surface area contributed by atoms with Crippen LogP contribution in [0.4, 0.5) is 4.39 Å². The van der Waals surface area contributed by atoms with Gasteiger partial charge in [0.2, 0.25) is 0 Å². The average Bonchev–Trinajstić information content (AvgIpc) is 2.88. The van der Waals surface area contributed by atoms with Crippen LogP contribution >= 0.6 is 11.6 Å². The highest BCUT2D eigenvalue weighted by atomic mass is 35.5. The zero-order valence-electron chi connectivity index (χ0n) is 19.9. The first kappa shape index (κ1) is 24.9. The van der Waals surface area contributed by atoms with Gasteiger partial charge in [-0.15, -0.1) is 0 Å². The topological polar surface area (TPSA) is 45.6 Å². The van der Waals surface area contributed by atoms with E-state index in [1.165, 1.54) is 11.8 Å². The second-order valence-corrected chi connectivity index (χ2v) is 9.91. The number of ether oxygens (including phenoxy) is 1. The molecule has 6 heteroatoms. The number of hydrogen-bond donors (Lipinski definition) is 1. The van der Waals surface area contributed by atoms with Crippen molar-refractivity contribution in [3.05, 3.63) is 70.9 Å². The maximum atomic E-state index is 15.6. The Balaban J connectivity index is 1.34. The molecule has 1 atom stereocenters. The molecule has 2 heterocycles. The molecule has 1 aliphatic rings. The molecule has 0 radical (unpaired) electrons. The molecule has 0 saturated carbocycles. The van der Waals surface area contributed by atoms with Gasteiger partial charge in [0.1, 0.15) is 11.9 Å². The highest BCUT2D eigenvalue weighted by Crippen LogP contribution is 2.41. The fourth-order valence-corrected chi connectivity index (χ4v) is 5.35. The van der Waals surface area contributed by atoms with E-state index in [4.69, 9.17) is 16.3 Å². The molecule has 182 valence electrons. The average molecular weight is 485 g/mol. The first-order chi connectivity index (χ1) is 16.5. The number of alkyl halides is 1. The van der Waals surface area contributed by atoms with Crippen LogP contribution in [0.1, 0.15) is 49.4 Å². The summed E-state index contributed by atoms with van der Waals surface area (Å²) in [4.78, 5) is 6.81. The number of benzene rings is 2. The third-order valence-electron chi connectivity index (χ3n) is 7.34. The molecule has 0 aliphatic carbocycles. The normalized spacial score (nSPS) is 17.1. The van der Waals surface area contributed by atoms with Gasteiger partial charge in [-0.3, -0.25) is 4.98 Å². The van der Waals surface area contributed by atoms with E-state index >= 15 is 4.39 Å². The van der Waals surface area contributed by atoms with Crippen LogP contribution in [-0.2, 0) is 6.42 Å². The maximum Gasteiger partial charge on any atom is 0.127 e. The minimum atomic E-state index is -1.22. The third-order valence-corrected chi connectivity index (χ3v) is 7.65. The van der Waals surface area contributed by atoms with Gasteiger partial charge >= 0.3 is 0 Å². The third kappa shape index (κ3) is 5.88. The SMILES string of the molecule is COc1ccc2ncc(Cl)c([C@@H](F)CCC3(CO)CCN(CCCc4ccccc4)CC3)c2c1. The molecule has 0 spiro atoms. The van der Waals surface area contributed by atoms with Gasteiger partial charge in [-0.2, -0.15) is 0 Å². The summed E-state index contributed by atoms with van der Waals surface area (Å²) in [5, 5.41) is 11.3. The summed E-state index contributed by atoms with van der Waals surface area (Å²) in [7, 11) is 1.59. The molecule has 3 aromatic rings. The molecule has 1 aliphatic heterocycles. The largest absolute Gasteiger partial charge is 0.497 e. The molecule has 1 N–H and O–H groups in total. The van der Waals surface area contributed by atoms with Gasteiger partial charge in [0.25, 0.3) is 0 Å².